The highest BCUT2D eigenvalue weighted by Gasteiger charge is 1.96. The lowest BCUT2D eigenvalue weighted by atomic mass is 10.2. The van der Waals surface area contributed by atoms with Crippen LogP contribution >= 0.6 is 15.9 Å². The molecule has 3 N–H and O–H groups in total. The van der Waals surface area contributed by atoms with Crippen LogP contribution in [0.15, 0.2) is 22.9 Å². The van der Waals surface area contributed by atoms with Crippen molar-refractivity contribution in [3.05, 3.63) is 22.9 Å². The number of nitrogens with one attached hydrogen (secondary N) is 1. The summed E-state index contributed by atoms with van der Waals surface area (Å²) in [6, 6.07) is 1.96. The van der Waals surface area contributed by atoms with Crippen LogP contribution in [-0.2, 0) is 4.79 Å². The number of halogens is 1. The number of unbranched alkanes of at least 4 members (excludes halogenated alkanes) is 1. The van der Waals surface area contributed by atoms with Gasteiger partial charge in [-0.15, -0.1) is 0 Å². The Labute approximate surface area is 97.4 Å². The molecule has 0 aliphatic carbocycles. The summed E-state index contributed by atoms with van der Waals surface area (Å²) in [5.41, 5.74) is 6.01. The number of hydrogen-bond donors (Lipinski definition) is 2. The van der Waals surface area contributed by atoms with E-state index in [4.69, 9.17) is 5.73 Å². The second-order valence-electron chi connectivity index (χ2n) is 3.24. The van der Waals surface area contributed by atoms with Crippen molar-refractivity contribution in [3.63, 3.8) is 0 Å². The van der Waals surface area contributed by atoms with E-state index < -0.39 is 0 Å². The third kappa shape index (κ3) is 5.37. The van der Waals surface area contributed by atoms with Crippen molar-refractivity contribution in [2.45, 2.75) is 19.3 Å². The second kappa shape index (κ2) is 6.40. The van der Waals surface area contributed by atoms with Gasteiger partial charge in [0, 0.05) is 23.6 Å². The van der Waals surface area contributed by atoms with Gasteiger partial charge in [0.15, 0.2) is 0 Å². The van der Waals surface area contributed by atoms with Gasteiger partial charge in [-0.05, 0) is 34.8 Å². The molecule has 15 heavy (non-hydrogen) atoms. The molecule has 5 heteroatoms. The van der Waals surface area contributed by atoms with E-state index in [0.717, 1.165) is 29.5 Å². The summed E-state index contributed by atoms with van der Waals surface area (Å²) < 4.78 is 0.949. The predicted molar refractivity (Wildman–Crippen MR) is 63.5 cm³/mol. The quantitative estimate of drug-likeness (QED) is 0.777. The van der Waals surface area contributed by atoms with E-state index in [2.05, 4.69) is 26.2 Å². The van der Waals surface area contributed by atoms with Gasteiger partial charge in [0.25, 0.3) is 0 Å². The van der Waals surface area contributed by atoms with Crippen LogP contribution in [0.4, 0.5) is 5.69 Å². The van der Waals surface area contributed by atoms with E-state index in [1.54, 1.807) is 12.4 Å². The van der Waals surface area contributed by atoms with Crippen LogP contribution in [0.25, 0.3) is 0 Å². The molecule has 1 aromatic heterocycles. The first kappa shape index (κ1) is 12.0. The lowest BCUT2D eigenvalue weighted by molar-refractivity contribution is -0.118. The van der Waals surface area contributed by atoms with Gasteiger partial charge in [-0.1, -0.05) is 0 Å². The average Bonchev–Trinajstić information content (AvgIpc) is 2.17. The first-order chi connectivity index (χ1) is 7.18. The number of aromatic nitrogens is 1. The maximum Gasteiger partial charge on any atom is 0.217 e. The number of amides is 1. The molecule has 0 bridgehead atoms. The number of anilines is 1. The minimum Gasteiger partial charge on any atom is -0.384 e. The summed E-state index contributed by atoms with van der Waals surface area (Å²) in [6.07, 6.45) is 5.70. The lowest BCUT2D eigenvalue weighted by Crippen LogP contribution is -2.10. The first-order valence-electron chi connectivity index (χ1n) is 4.81. The fraction of sp³-hybridized carbons (Fsp3) is 0.400. The van der Waals surface area contributed by atoms with E-state index >= 15 is 0 Å². The molecule has 0 aromatic carbocycles. The summed E-state index contributed by atoms with van der Waals surface area (Å²) >= 11 is 3.34. The van der Waals surface area contributed by atoms with Gasteiger partial charge < -0.3 is 11.1 Å². The van der Waals surface area contributed by atoms with Crippen molar-refractivity contribution in [1.29, 1.82) is 0 Å². The summed E-state index contributed by atoms with van der Waals surface area (Å²) in [4.78, 5) is 14.5. The van der Waals surface area contributed by atoms with Crippen molar-refractivity contribution in [1.82, 2.24) is 4.98 Å². The van der Waals surface area contributed by atoms with Crippen molar-refractivity contribution in [2.24, 2.45) is 5.73 Å². The number of primary amides is 1. The summed E-state index contributed by atoms with van der Waals surface area (Å²) in [5.74, 6) is -0.237. The van der Waals surface area contributed by atoms with Gasteiger partial charge in [-0.3, -0.25) is 9.78 Å². The number of rotatable bonds is 6. The third-order valence-electron chi connectivity index (χ3n) is 1.88. The van der Waals surface area contributed by atoms with Gasteiger partial charge in [-0.25, -0.2) is 0 Å². The van der Waals surface area contributed by atoms with Crippen molar-refractivity contribution >= 4 is 27.5 Å². The Morgan fingerprint density at radius 2 is 2.27 bits per heavy atom. The van der Waals surface area contributed by atoms with E-state index in [9.17, 15) is 4.79 Å². The van der Waals surface area contributed by atoms with Gasteiger partial charge in [0.05, 0.1) is 11.9 Å². The largest absolute Gasteiger partial charge is 0.384 e. The molecule has 0 radical (unpaired) electrons. The molecule has 1 rings (SSSR count). The van der Waals surface area contributed by atoms with Crippen molar-refractivity contribution in [2.75, 3.05) is 11.9 Å². The average molecular weight is 272 g/mol. The number of nitrogens with two attached hydrogens (primary N) is 1. The van der Waals surface area contributed by atoms with Gasteiger partial charge in [0.2, 0.25) is 5.91 Å². The second-order valence-corrected chi connectivity index (χ2v) is 4.16. The number of pyridine rings is 1. The van der Waals surface area contributed by atoms with Gasteiger partial charge in [-0.2, -0.15) is 0 Å². The number of carbonyl (C=O) groups excluding carboxylic acids is 1. The minimum absolute atomic E-state index is 0.237. The molecule has 0 unspecified atom stereocenters. The zero-order chi connectivity index (χ0) is 11.1. The molecular formula is C10H14BrN3O. The van der Waals surface area contributed by atoms with Crippen LogP contribution in [0.3, 0.4) is 0 Å². The van der Waals surface area contributed by atoms with Crippen LogP contribution in [0.1, 0.15) is 19.3 Å². The molecule has 0 aliphatic rings. The maximum atomic E-state index is 10.5. The van der Waals surface area contributed by atoms with Crippen LogP contribution < -0.4 is 11.1 Å². The Kier molecular flexibility index (Phi) is 5.10. The van der Waals surface area contributed by atoms with Crippen LogP contribution in [0, 0.1) is 0 Å². The SMILES string of the molecule is NC(=O)CCCCNc1cncc(Br)c1. The summed E-state index contributed by atoms with van der Waals surface area (Å²) in [6.45, 7) is 0.825. The molecule has 0 fully saturated rings. The maximum absolute atomic E-state index is 10.5. The smallest absolute Gasteiger partial charge is 0.217 e. The van der Waals surface area contributed by atoms with Crippen molar-refractivity contribution < 1.29 is 4.79 Å². The number of hydrogen-bond acceptors (Lipinski definition) is 3. The fourth-order valence-corrected chi connectivity index (χ4v) is 1.53. The molecule has 4 nitrogen and oxygen atoms in total. The molecule has 1 heterocycles. The molecule has 0 saturated carbocycles. The molecule has 0 aliphatic heterocycles. The molecule has 82 valence electrons. The van der Waals surface area contributed by atoms with Crippen LogP contribution in [0.5, 0.6) is 0 Å². The monoisotopic (exact) mass is 271 g/mol. The molecular weight excluding hydrogens is 258 g/mol. The summed E-state index contributed by atoms with van der Waals surface area (Å²) in [5, 5.41) is 3.21. The molecule has 1 amide bonds. The zero-order valence-electron chi connectivity index (χ0n) is 8.37. The van der Waals surface area contributed by atoms with E-state index in [1.165, 1.54) is 0 Å². The minimum atomic E-state index is -0.237. The van der Waals surface area contributed by atoms with E-state index in [1.807, 2.05) is 6.07 Å². The fourth-order valence-electron chi connectivity index (χ4n) is 1.17. The Hall–Kier alpha value is -1.10. The van der Waals surface area contributed by atoms with Gasteiger partial charge in [0.1, 0.15) is 0 Å². The molecule has 0 atom stereocenters. The summed E-state index contributed by atoms with van der Waals surface area (Å²) in [7, 11) is 0. The Morgan fingerprint density at radius 1 is 1.47 bits per heavy atom. The van der Waals surface area contributed by atoms with Crippen LogP contribution in [-0.4, -0.2) is 17.4 Å². The Morgan fingerprint density at radius 3 is 2.93 bits per heavy atom. The highest BCUT2D eigenvalue weighted by molar-refractivity contribution is 9.10. The molecule has 0 saturated heterocycles. The van der Waals surface area contributed by atoms with Crippen LogP contribution in [0.2, 0.25) is 0 Å². The van der Waals surface area contributed by atoms with Gasteiger partial charge >= 0.3 is 0 Å². The first-order valence-corrected chi connectivity index (χ1v) is 5.60. The predicted octanol–water partition coefficient (Wildman–Crippen LogP) is 1.91. The Balaban J connectivity index is 2.17. The molecule has 0 spiro atoms. The Bertz CT molecular complexity index is 330. The molecule has 1 aromatic rings. The number of carbonyl (C=O) groups is 1. The van der Waals surface area contributed by atoms with E-state index in [0.29, 0.717) is 6.42 Å². The van der Waals surface area contributed by atoms with E-state index in [-0.39, 0.29) is 5.91 Å². The standard InChI is InChI=1S/C10H14BrN3O/c11-8-5-9(7-13-6-8)14-4-2-1-3-10(12)15/h5-7,14H,1-4H2,(H2,12,15). The topological polar surface area (TPSA) is 68.0 Å². The highest BCUT2D eigenvalue weighted by atomic mass is 79.9. The highest BCUT2D eigenvalue weighted by Crippen LogP contribution is 2.13. The third-order valence-corrected chi connectivity index (χ3v) is 2.32. The van der Waals surface area contributed by atoms with Crippen molar-refractivity contribution in [3.8, 4) is 0 Å². The number of nitrogens with zero attached hydrogens (tertiary/aromatic N) is 1. The zero-order valence-corrected chi connectivity index (χ0v) is 9.96. The normalized spacial score (nSPS) is 9.93. The lowest BCUT2D eigenvalue weighted by Gasteiger charge is -2.05.